The third-order valence-corrected chi connectivity index (χ3v) is 6.49. The van der Waals surface area contributed by atoms with Gasteiger partial charge < -0.3 is 10.2 Å². The van der Waals surface area contributed by atoms with Crippen molar-refractivity contribution in [1.82, 2.24) is 24.6 Å². The molecule has 0 radical (unpaired) electrons. The minimum atomic E-state index is -0.408. The number of hydrogen-bond donors (Lipinski definition) is 1. The highest BCUT2D eigenvalue weighted by Gasteiger charge is 2.15. The van der Waals surface area contributed by atoms with Gasteiger partial charge in [0.25, 0.3) is 5.91 Å². The van der Waals surface area contributed by atoms with Crippen LogP contribution in [0.3, 0.4) is 0 Å². The highest BCUT2D eigenvalue weighted by molar-refractivity contribution is 8.00. The van der Waals surface area contributed by atoms with Crippen molar-refractivity contribution in [2.45, 2.75) is 4.21 Å². The first-order chi connectivity index (χ1) is 15.0. The number of carbonyl (C=O) groups is 1. The Morgan fingerprint density at radius 3 is 2.87 bits per heavy atom. The molecular formula is C20H16ClN7OS2. The first-order valence-corrected chi connectivity index (χ1v) is 11.4. The van der Waals surface area contributed by atoms with Gasteiger partial charge >= 0.3 is 0 Å². The van der Waals surface area contributed by atoms with Gasteiger partial charge in [0.2, 0.25) is 11.6 Å². The molecular weight excluding hydrogens is 454 g/mol. The van der Waals surface area contributed by atoms with Crippen LogP contribution in [0.15, 0.2) is 40.1 Å². The summed E-state index contributed by atoms with van der Waals surface area (Å²) >= 11 is 9.42. The van der Waals surface area contributed by atoms with E-state index in [4.69, 9.17) is 11.6 Å². The van der Waals surface area contributed by atoms with E-state index in [1.165, 1.54) is 0 Å². The van der Waals surface area contributed by atoms with Crippen molar-refractivity contribution in [2.75, 3.05) is 30.6 Å². The van der Waals surface area contributed by atoms with E-state index in [1.54, 1.807) is 51.9 Å². The van der Waals surface area contributed by atoms with E-state index in [9.17, 15) is 4.79 Å². The average molecular weight is 470 g/mol. The molecule has 11 heteroatoms. The van der Waals surface area contributed by atoms with E-state index < -0.39 is 5.91 Å². The van der Waals surface area contributed by atoms with Crippen LogP contribution < -0.4 is 10.2 Å². The Morgan fingerprint density at radius 2 is 2.13 bits per heavy atom. The van der Waals surface area contributed by atoms with E-state index >= 15 is 0 Å². The van der Waals surface area contributed by atoms with Crippen molar-refractivity contribution in [2.24, 2.45) is 0 Å². The summed E-state index contributed by atoms with van der Waals surface area (Å²) in [5.41, 5.74) is 2.36. The van der Waals surface area contributed by atoms with Gasteiger partial charge in [-0.3, -0.25) is 9.20 Å². The van der Waals surface area contributed by atoms with E-state index in [2.05, 4.69) is 37.3 Å². The molecule has 31 heavy (non-hydrogen) atoms. The summed E-state index contributed by atoms with van der Waals surface area (Å²) in [5, 5.41) is 13.3. The van der Waals surface area contributed by atoms with Gasteiger partial charge in [-0.15, -0.1) is 33.3 Å². The van der Waals surface area contributed by atoms with Crippen LogP contribution in [0.1, 0.15) is 22.1 Å². The van der Waals surface area contributed by atoms with Crippen molar-refractivity contribution >= 4 is 57.6 Å². The third-order valence-electron chi connectivity index (χ3n) is 4.16. The molecule has 0 saturated carbocycles. The van der Waals surface area contributed by atoms with Crippen molar-refractivity contribution in [3.8, 4) is 11.8 Å². The number of aromatic nitrogens is 5. The van der Waals surface area contributed by atoms with Crippen molar-refractivity contribution in [3.63, 3.8) is 0 Å². The third kappa shape index (κ3) is 4.49. The number of fused-ring (bicyclic) bond motifs is 1. The summed E-state index contributed by atoms with van der Waals surface area (Å²) < 4.78 is 2.74. The van der Waals surface area contributed by atoms with Crippen molar-refractivity contribution in [1.29, 1.82) is 0 Å². The highest BCUT2D eigenvalue weighted by atomic mass is 35.5. The zero-order valence-corrected chi connectivity index (χ0v) is 19.1. The van der Waals surface area contributed by atoms with Gasteiger partial charge in [0.15, 0.2) is 5.65 Å². The molecule has 0 atom stereocenters. The van der Waals surface area contributed by atoms with Crippen LogP contribution in [0, 0.1) is 11.8 Å². The predicted octanol–water partition coefficient (Wildman–Crippen LogP) is 3.67. The molecule has 4 heterocycles. The fourth-order valence-electron chi connectivity index (χ4n) is 2.68. The molecule has 1 amide bonds. The molecule has 0 fully saturated rings. The van der Waals surface area contributed by atoms with E-state index in [-0.39, 0.29) is 5.82 Å². The molecule has 4 aromatic rings. The zero-order chi connectivity index (χ0) is 22.0. The molecule has 4 rings (SSSR count). The average Bonchev–Trinajstić information content (AvgIpc) is 3.39. The summed E-state index contributed by atoms with van der Waals surface area (Å²) in [4.78, 5) is 23.1. The quantitative estimate of drug-likeness (QED) is 0.277. The number of hydrogen-bond acceptors (Lipinski definition) is 8. The van der Waals surface area contributed by atoms with Crippen LogP contribution in [0.5, 0.6) is 0 Å². The van der Waals surface area contributed by atoms with E-state index in [0.717, 1.165) is 4.21 Å². The minimum absolute atomic E-state index is 0.0240. The monoisotopic (exact) mass is 469 g/mol. The Labute approximate surface area is 191 Å². The summed E-state index contributed by atoms with van der Waals surface area (Å²) in [6.07, 6.45) is 3.55. The molecule has 0 aliphatic carbocycles. The first kappa shape index (κ1) is 21.1. The van der Waals surface area contributed by atoms with Gasteiger partial charge in [-0.1, -0.05) is 17.7 Å². The smallest absolute Gasteiger partial charge is 0.293 e. The van der Waals surface area contributed by atoms with Gasteiger partial charge in [0.05, 0.1) is 21.8 Å². The van der Waals surface area contributed by atoms with Gasteiger partial charge in [-0.2, -0.15) is 0 Å². The van der Waals surface area contributed by atoms with Crippen LogP contribution in [-0.4, -0.2) is 50.8 Å². The van der Waals surface area contributed by atoms with E-state index in [1.807, 2.05) is 36.7 Å². The molecule has 0 saturated heterocycles. The van der Waals surface area contributed by atoms with Crippen molar-refractivity contribution < 1.29 is 4.79 Å². The summed E-state index contributed by atoms with van der Waals surface area (Å²) in [6, 6.07) is 7.21. The fourth-order valence-corrected chi connectivity index (χ4v) is 4.26. The van der Waals surface area contributed by atoms with Gasteiger partial charge in [0.1, 0.15) is 10.8 Å². The molecule has 1 N–H and O–H groups in total. The second-order valence-corrected chi connectivity index (χ2v) is 8.86. The van der Waals surface area contributed by atoms with Gasteiger partial charge in [-0.25, -0.2) is 9.97 Å². The van der Waals surface area contributed by atoms with Crippen LogP contribution >= 0.6 is 34.7 Å². The Morgan fingerprint density at radius 1 is 1.29 bits per heavy atom. The van der Waals surface area contributed by atoms with Crippen LogP contribution in [0.25, 0.3) is 5.65 Å². The van der Waals surface area contributed by atoms with Crippen molar-refractivity contribution in [3.05, 3.63) is 58.3 Å². The van der Waals surface area contributed by atoms with Gasteiger partial charge in [-0.05, 0) is 36.3 Å². The normalized spacial score (nSPS) is 10.6. The maximum atomic E-state index is 12.7. The van der Waals surface area contributed by atoms with Crippen LogP contribution in [0.2, 0.25) is 5.15 Å². The molecule has 0 unspecified atom stereocenters. The maximum absolute atomic E-state index is 12.7. The number of halogens is 1. The Balaban J connectivity index is 1.68. The molecule has 156 valence electrons. The number of anilines is 2. The molecule has 4 aromatic heterocycles. The van der Waals surface area contributed by atoms with Crippen LogP contribution in [0.4, 0.5) is 11.4 Å². The fraction of sp³-hybridized carbons (Fsp3) is 0.150. The highest BCUT2D eigenvalue weighted by Crippen LogP contribution is 2.27. The first-order valence-electron chi connectivity index (χ1n) is 8.96. The molecule has 8 nitrogen and oxygen atoms in total. The lowest BCUT2D eigenvalue weighted by atomic mass is 10.3. The Kier molecular flexibility index (Phi) is 6.08. The minimum Gasteiger partial charge on any atom is -0.374 e. The van der Waals surface area contributed by atoms with Crippen LogP contribution in [-0.2, 0) is 0 Å². The van der Waals surface area contributed by atoms with E-state index in [0.29, 0.717) is 33.7 Å². The number of thiophene rings is 1. The molecule has 0 spiro atoms. The number of amides is 1. The Hall–Kier alpha value is -3.13. The number of rotatable bonds is 4. The standard InChI is InChI=1S/C20H16ClN7OS2/c1-27(2)14-10-22-19(20(29)23-12-9-18(30-3)31-11-12)24-13(14)7-8-17-26-25-16-6-4-5-15(21)28(16)17/h4-6,9-11H,1-3H3,(H,23,29). The number of pyridine rings is 1. The predicted molar refractivity (Wildman–Crippen MR) is 124 cm³/mol. The maximum Gasteiger partial charge on any atom is 0.293 e. The topological polar surface area (TPSA) is 88.3 Å². The lowest BCUT2D eigenvalue weighted by Gasteiger charge is -2.13. The number of nitrogens with one attached hydrogen (secondary N) is 1. The summed E-state index contributed by atoms with van der Waals surface area (Å²) in [5.74, 6) is 5.92. The molecule has 0 bridgehead atoms. The lowest BCUT2D eigenvalue weighted by molar-refractivity contribution is 0.101. The Bertz CT molecular complexity index is 1340. The zero-order valence-electron chi connectivity index (χ0n) is 16.8. The number of carbonyl (C=O) groups excluding carboxylic acids is 1. The van der Waals surface area contributed by atoms with Gasteiger partial charge in [0, 0.05) is 19.5 Å². The molecule has 0 aliphatic rings. The molecule has 0 aromatic carbocycles. The second-order valence-electron chi connectivity index (χ2n) is 6.45. The summed E-state index contributed by atoms with van der Waals surface area (Å²) in [7, 11) is 3.70. The second kappa shape index (κ2) is 8.93. The lowest BCUT2D eigenvalue weighted by Crippen LogP contribution is -2.18. The number of thioether (sulfide) groups is 1. The SMILES string of the molecule is CSc1cc(NC(=O)c2ncc(N(C)C)c(C#Cc3nnc4cccc(Cl)n34)n2)cs1. The largest absolute Gasteiger partial charge is 0.374 e. The molecule has 0 aliphatic heterocycles. The summed E-state index contributed by atoms with van der Waals surface area (Å²) in [6.45, 7) is 0. The number of nitrogens with zero attached hydrogens (tertiary/aromatic N) is 6.